The molecule has 4 rings (SSSR count). The molecule has 2 aromatic heterocycles. The third kappa shape index (κ3) is 3.81. The van der Waals surface area contributed by atoms with Crippen molar-refractivity contribution in [1.82, 2.24) is 14.3 Å². The molecule has 0 atom stereocenters. The number of thiocarbonyl (C=S) groups is 1. The van der Waals surface area contributed by atoms with E-state index in [4.69, 9.17) is 12.2 Å². The van der Waals surface area contributed by atoms with E-state index in [1.54, 1.807) is 23.2 Å². The maximum absolute atomic E-state index is 13.3. The minimum atomic E-state index is -0.224. The molecule has 1 aliphatic carbocycles. The second-order valence-electron chi connectivity index (χ2n) is 7.58. The van der Waals surface area contributed by atoms with E-state index in [0.717, 1.165) is 31.2 Å². The van der Waals surface area contributed by atoms with Crippen LogP contribution >= 0.6 is 24.0 Å². The van der Waals surface area contributed by atoms with Crippen LogP contribution in [0, 0.1) is 6.92 Å². The first kappa shape index (κ1) is 20.8. The van der Waals surface area contributed by atoms with E-state index in [1.165, 1.54) is 22.6 Å². The van der Waals surface area contributed by atoms with Gasteiger partial charge in [0.25, 0.3) is 11.5 Å². The summed E-state index contributed by atoms with van der Waals surface area (Å²) in [6, 6.07) is 3.89. The Kier molecular flexibility index (Phi) is 6.06. The summed E-state index contributed by atoms with van der Waals surface area (Å²) in [5, 5.41) is 3.14. The number of aromatic nitrogens is 2. The molecule has 6 nitrogen and oxygen atoms in total. The Labute approximate surface area is 185 Å². The van der Waals surface area contributed by atoms with E-state index in [9.17, 15) is 9.59 Å². The van der Waals surface area contributed by atoms with Crippen molar-refractivity contribution in [2.45, 2.75) is 45.1 Å². The molecule has 1 saturated carbocycles. The van der Waals surface area contributed by atoms with Gasteiger partial charge in [0.2, 0.25) is 0 Å². The van der Waals surface area contributed by atoms with Crippen LogP contribution in [0.2, 0.25) is 0 Å². The van der Waals surface area contributed by atoms with Crippen molar-refractivity contribution in [3.8, 4) is 0 Å². The number of carbonyl (C=O) groups excluding carboxylic acids is 1. The van der Waals surface area contributed by atoms with Crippen molar-refractivity contribution in [2.75, 3.05) is 11.9 Å². The number of carbonyl (C=O) groups is 1. The second kappa shape index (κ2) is 8.73. The number of fused-ring (bicyclic) bond motifs is 1. The first-order valence-corrected chi connectivity index (χ1v) is 11.4. The molecule has 1 aliphatic heterocycles. The summed E-state index contributed by atoms with van der Waals surface area (Å²) in [4.78, 5) is 33.3. The summed E-state index contributed by atoms with van der Waals surface area (Å²) in [6.45, 7) is 6.09. The molecule has 0 unspecified atom stereocenters. The fourth-order valence-corrected chi connectivity index (χ4v) is 5.39. The zero-order valence-electron chi connectivity index (χ0n) is 16.9. The number of aryl methyl sites for hydroxylation is 1. The van der Waals surface area contributed by atoms with Crippen LogP contribution in [0.1, 0.15) is 43.2 Å². The molecule has 0 aromatic carbocycles. The lowest BCUT2D eigenvalue weighted by Gasteiger charge is -2.29. The van der Waals surface area contributed by atoms with Gasteiger partial charge in [-0.1, -0.05) is 55.4 Å². The largest absolute Gasteiger partial charge is 0.366 e. The third-order valence-electron chi connectivity index (χ3n) is 5.54. The van der Waals surface area contributed by atoms with E-state index in [1.807, 2.05) is 19.1 Å². The van der Waals surface area contributed by atoms with E-state index < -0.39 is 0 Å². The van der Waals surface area contributed by atoms with Gasteiger partial charge in [-0.2, -0.15) is 0 Å². The Morgan fingerprint density at radius 1 is 1.33 bits per heavy atom. The number of nitrogens with one attached hydrogen (secondary N) is 1. The first-order chi connectivity index (χ1) is 14.5. The maximum atomic E-state index is 13.3. The predicted molar refractivity (Wildman–Crippen MR) is 127 cm³/mol. The van der Waals surface area contributed by atoms with Gasteiger partial charge in [-0.3, -0.25) is 18.9 Å². The van der Waals surface area contributed by atoms with Crippen LogP contribution in [0.5, 0.6) is 0 Å². The zero-order chi connectivity index (χ0) is 21.3. The predicted octanol–water partition coefficient (Wildman–Crippen LogP) is 4.13. The van der Waals surface area contributed by atoms with Gasteiger partial charge in [0.15, 0.2) is 0 Å². The third-order valence-corrected chi connectivity index (χ3v) is 6.87. The van der Waals surface area contributed by atoms with Crippen LogP contribution in [-0.4, -0.2) is 37.1 Å². The average molecular weight is 441 g/mol. The molecule has 8 heteroatoms. The molecule has 3 heterocycles. The summed E-state index contributed by atoms with van der Waals surface area (Å²) in [5.41, 5.74) is 1.61. The highest BCUT2D eigenvalue weighted by atomic mass is 32.2. The summed E-state index contributed by atoms with van der Waals surface area (Å²) >= 11 is 6.79. The maximum Gasteiger partial charge on any atom is 0.267 e. The van der Waals surface area contributed by atoms with E-state index >= 15 is 0 Å². The number of nitrogens with zero attached hydrogens (tertiary/aromatic N) is 3. The molecule has 30 heavy (non-hydrogen) atoms. The highest BCUT2D eigenvalue weighted by molar-refractivity contribution is 8.26. The van der Waals surface area contributed by atoms with Gasteiger partial charge in [0, 0.05) is 18.8 Å². The van der Waals surface area contributed by atoms with Crippen molar-refractivity contribution in [3.05, 3.63) is 57.4 Å². The fraction of sp³-hybridized carbons (Fsp3) is 0.364. The Balaban J connectivity index is 1.78. The Bertz CT molecular complexity index is 1120. The monoisotopic (exact) mass is 440 g/mol. The zero-order valence-corrected chi connectivity index (χ0v) is 18.5. The van der Waals surface area contributed by atoms with Crippen LogP contribution in [0.4, 0.5) is 5.82 Å². The van der Waals surface area contributed by atoms with Crippen LogP contribution < -0.4 is 10.9 Å². The summed E-state index contributed by atoms with van der Waals surface area (Å²) in [7, 11) is 0. The molecule has 156 valence electrons. The normalized spacial score (nSPS) is 19.1. The highest BCUT2D eigenvalue weighted by Crippen LogP contribution is 2.37. The summed E-state index contributed by atoms with van der Waals surface area (Å²) < 4.78 is 2.09. The van der Waals surface area contributed by atoms with Crippen LogP contribution in [0.25, 0.3) is 11.7 Å². The molecule has 2 aliphatic rings. The molecular weight excluding hydrogens is 416 g/mol. The van der Waals surface area contributed by atoms with E-state index in [-0.39, 0.29) is 17.5 Å². The molecule has 2 fully saturated rings. The SMILES string of the molecule is C=CCNc1nc2c(C)cccn2c(=O)c1/C=C1\SC(=S)N(C2CCCCC2)C1=O. The Morgan fingerprint density at radius 2 is 2.10 bits per heavy atom. The van der Waals surface area contributed by atoms with Gasteiger partial charge in [-0.15, -0.1) is 6.58 Å². The lowest BCUT2D eigenvalue weighted by atomic mass is 9.94. The molecule has 1 amide bonds. The highest BCUT2D eigenvalue weighted by Gasteiger charge is 2.37. The van der Waals surface area contributed by atoms with Gasteiger partial charge in [0.05, 0.1) is 10.5 Å². The van der Waals surface area contributed by atoms with E-state index in [0.29, 0.717) is 32.8 Å². The number of rotatable bonds is 5. The number of anilines is 1. The standard InChI is InChI=1S/C22H24N4O2S2/c1-3-11-23-18-16(20(27)25-12-7-8-14(2)19(25)24-18)13-17-21(28)26(22(29)30-17)15-9-5-4-6-10-15/h3,7-8,12-13,15,23H,1,4-6,9-11H2,2H3/b17-13-. The Morgan fingerprint density at radius 3 is 2.83 bits per heavy atom. The van der Waals surface area contributed by atoms with Crippen molar-refractivity contribution in [1.29, 1.82) is 0 Å². The quantitative estimate of drug-likeness (QED) is 0.428. The number of hydrogen-bond acceptors (Lipinski definition) is 6. The van der Waals surface area contributed by atoms with Gasteiger partial charge < -0.3 is 5.32 Å². The number of hydrogen-bond donors (Lipinski definition) is 1. The topological polar surface area (TPSA) is 66.7 Å². The Hall–Kier alpha value is -2.45. The molecule has 2 aromatic rings. The molecule has 1 N–H and O–H groups in total. The van der Waals surface area contributed by atoms with Gasteiger partial charge in [0.1, 0.15) is 15.8 Å². The number of thioether (sulfide) groups is 1. The number of pyridine rings is 1. The fourth-order valence-electron chi connectivity index (χ4n) is 4.01. The van der Waals surface area contributed by atoms with Crippen molar-refractivity contribution >= 4 is 51.7 Å². The molecule has 0 radical (unpaired) electrons. The van der Waals surface area contributed by atoms with Crippen LogP contribution in [-0.2, 0) is 4.79 Å². The molecule has 0 bridgehead atoms. The van der Waals surface area contributed by atoms with Gasteiger partial charge in [-0.25, -0.2) is 4.98 Å². The first-order valence-electron chi connectivity index (χ1n) is 10.1. The average Bonchev–Trinajstić information content (AvgIpc) is 3.03. The summed E-state index contributed by atoms with van der Waals surface area (Å²) in [6.07, 6.45) is 10.4. The van der Waals surface area contributed by atoms with Crippen LogP contribution in [0.15, 0.2) is 40.7 Å². The number of amides is 1. The van der Waals surface area contributed by atoms with E-state index in [2.05, 4.69) is 16.9 Å². The van der Waals surface area contributed by atoms with Crippen LogP contribution in [0.3, 0.4) is 0 Å². The lowest BCUT2D eigenvalue weighted by Crippen LogP contribution is -2.39. The van der Waals surface area contributed by atoms with Gasteiger partial charge in [-0.05, 0) is 37.5 Å². The summed E-state index contributed by atoms with van der Waals surface area (Å²) in [5.74, 6) is 0.331. The smallest absolute Gasteiger partial charge is 0.267 e. The minimum absolute atomic E-state index is 0.111. The molecule has 1 saturated heterocycles. The van der Waals surface area contributed by atoms with Crippen molar-refractivity contribution in [3.63, 3.8) is 0 Å². The molecular formula is C22H24N4O2S2. The van der Waals surface area contributed by atoms with Crippen molar-refractivity contribution < 1.29 is 4.79 Å². The van der Waals surface area contributed by atoms with Gasteiger partial charge >= 0.3 is 0 Å². The van der Waals surface area contributed by atoms with Crippen molar-refractivity contribution in [2.24, 2.45) is 0 Å². The molecule has 0 spiro atoms. The second-order valence-corrected chi connectivity index (χ2v) is 9.25. The lowest BCUT2D eigenvalue weighted by molar-refractivity contribution is -0.124. The minimum Gasteiger partial charge on any atom is -0.366 e.